The number of carbonyl (C=O) groups is 1. The molecule has 0 saturated heterocycles. The van der Waals surface area contributed by atoms with E-state index in [1.807, 2.05) is 25.1 Å². The minimum atomic E-state index is -0.0916. The van der Waals surface area contributed by atoms with Gasteiger partial charge in [-0.2, -0.15) is 5.10 Å². The van der Waals surface area contributed by atoms with Gasteiger partial charge in [0.05, 0.1) is 17.5 Å². The fourth-order valence-corrected chi connectivity index (χ4v) is 2.15. The SMILES string of the molecule is CCc1c(C(=O)NCCCCN)cnn1-c1ccccn1.Cl.Cl. The molecule has 23 heavy (non-hydrogen) atoms. The van der Waals surface area contributed by atoms with Gasteiger partial charge in [-0.25, -0.2) is 9.67 Å². The van der Waals surface area contributed by atoms with E-state index in [0.717, 1.165) is 24.4 Å². The Hall–Kier alpha value is -1.63. The normalized spacial score (nSPS) is 9.65. The molecule has 0 radical (unpaired) electrons. The topological polar surface area (TPSA) is 85.8 Å². The molecular weight excluding hydrogens is 337 g/mol. The molecule has 128 valence electrons. The highest BCUT2D eigenvalue weighted by molar-refractivity contribution is 5.95. The summed E-state index contributed by atoms with van der Waals surface area (Å²) in [5, 5.41) is 7.20. The second-order valence-electron chi connectivity index (χ2n) is 4.71. The third kappa shape index (κ3) is 5.49. The maximum absolute atomic E-state index is 12.2. The number of carbonyl (C=O) groups excluding carboxylic acids is 1. The van der Waals surface area contributed by atoms with E-state index in [1.165, 1.54) is 0 Å². The number of nitrogens with zero attached hydrogens (tertiary/aromatic N) is 3. The molecule has 0 fully saturated rings. The van der Waals surface area contributed by atoms with Crippen molar-refractivity contribution < 1.29 is 4.79 Å². The largest absolute Gasteiger partial charge is 0.352 e. The molecule has 0 unspecified atom stereocenters. The second-order valence-corrected chi connectivity index (χ2v) is 4.71. The number of amides is 1. The molecular formula is C15H23Cl2N5O. The van der Waals surface area contributed by atoms with Gasteiger partial charge >= 0.3 is 0 Å². The zero-order valence-corrected chi connectivity index (χ0v) is 14.7. The minimum Gasteiger partial charge on any atom is -0.352 e. The van der Waals surface area contributed by atoms with Crippen LogP contribution < -0.4 is 11.1 Å². The maximum Gasteiger partial charge on any atom is 0.254 e. The van der Waals surface area contributed by atoms with E-state index < -0.39 is 0 Å². The molecule has 8 heteroatoms. The van der Waals surface area contributed by atoms with Crippen LogP contribution in [0.5, 0.6) is 0 Å². The van der Waals surface area contributed by atoms with E-state index in [0.29, 0.717) is 25.1 Å². The maximum atomic E-state index is 12.2. The number of unbranched alkanes of at least 4 members (excludes halogenated alkanes) is 1. The smallest absolute Gasteiger partial charge is 0.254 e. The highest BCUT2D eigenvalue weighted by atomic mass is 35.5. The number of pyridine rings is 1. The summed E-state index contributed by atoms with van der Waals surface area (Å²) in [4.78, 5) is 16.5. The van der Waals surface area contributed by atoms with Crippen LogP contribution in [0.3, 0.4) is 0 Å². The summed E-state index contributed by atoms with van der Waals surface area (Å²) in [7, 11) is 0. The van der Waals surface area contributed by atoms with Crippen LogP contribution in [0.25, 0.3) is 5.82 Å². The Bertz CT molecular complexity index is 589. The summed E-state index contributed by atoms with van der Waals surface area (Å²) in [6.07, 6.45) is 5.82. The minimum absolute atomic E-state index is 0. The second kappa shape index (κ2) is 11.0. The average molecular weight is 360 g/mol. The summed E-state index contributed by atoms with van der Waals surface area (Å²) in [6.45, 7) is 3.28. The lowest BCUT2D eigenvalue weighted by Crippen LogP contribution is -2.25. The fraction of sp³-hybridized carbons (Fsp3) is 0.400. The molecule has 0 aromatic carbocycles. The van der Waals surface area contributed by atoms with E-state index in [2.05, 4.69) is 15.4 Å². The third-order valence-electron chi connectivity index (χ3n) is 3.23. The predicted octanol–water partition coefficient (Wildman–Crippen LogP) is 2.14. The van der Waals surface area contributed by atoms with Crippen LogP contribution in [-0.2, 0) is 6.42 Å². The molecule has 2 aromatic rings. The van der Waals surface area contributed by atoms with Gasteiger partial charge in [0.15, 0.2) is 5.82 Å². The Balaban J connectivity index is 0.00000242. The van der Waals surface area contributed by atoms with Crippen LogP contribution in [0.15, 0.2) is 30.6 Å². The molecule has 0 aliphatic heterocycles. The summed E-state index contributed by atoms with van der Waals surface area (Å²) in [5.74, 6) is 0.627. The molecule has 6 nitrogen and oxygen atoms in total. The zero-order chi connectivity index (χ0) is 15.1. The molecule has 0 bridgehead atoms. The Morgan fingerprint density at radius 1 is 1.30 bits per heavy atom. The first-order valence-corrected chi connectivity index (χ1v) is 7.24. The fourth-order valence-electron chi connectivity index (χ4n) is 2.15. The molecule has 0 spiro atoms. The first kappa shape index (κ1) is 21.4. The molecule has 3 N–H and O–H groups in total. The lowest BCUT2D eigenvalue weighted by molar-refractivity contribution is 0.0952. The third-order valence-corrected chi connectivity index (χ3v) is 3.23. The lowest BCUT2D eigenvalue weighted by atomic mass is 10.2. The molecule has 0 aliphatic rings. The number of halogens is 2. The molecule has 0 saturated carbocycles. The molecule has 2 rings (SSSR count). The van der Waals surface area contributed by atoms with Crippen LogP contribution in [0.1, 0.15) is 35.8 Å². The molecule has 1 amide bonds. The highest BCUT2D eigenvalue weighted by Crippen LogP contribution is 2.14. The van der Waals surface area contributed by atoms with Gasteiger partial charge in [0.25, 0.3) is 5.91 Å². The van der Waals surface area contributed by atoms with Crippen molar-refractivity contribution in [2.75, 3.05) is 13.1 Å². The number of aromatic nitrogens is 3. The summed E-state index contributed by atoms with van der Waals surface area (Å²) in [5.41, 5.74) is 6.91. The number of hydrogen-bond donors (Lipinski definition) is 2. The van der Waals surface area contributed by atoms with Gasteiger partial charge in [0, 0.05) is 12.7 Å². The molecule has 0 aliphatic carbocycles. The summed E-state index contributed by atoms with van der Waals surface area (Å²) in [6, 6.07) is 5.62. The van der Waals surface area contributed by atoms with Crippen molar-refractivity contribution in [3.63, 3.8) is 0 Å². The Kier molecular flexibility index (Phi) is 10.2. The van der Waals surface area contributed by atoms with Gasteiger partial charge in [-0.3, -0.25) is 4.79 Å². The van der Waals surface area contributed by atoms with E-state index >= 15 is 0 Å². The van der Waals surface area contributed by atoms with E-state index in [-0.39, 0.29) is 30.7 Å². The Labute approximate surface area is 148 Å². The van der Waals surface area contributed by atoms with Gasteiger partial charge in [0.2, 0.25) is 0 Å². The van der Waals surface area contributed by atoms with E-state index in [1.54, 1.807) is 17.1 Å². The zero-order valence-electron chi connectivity index (χ0n) is 13.1. The highest BCUT2D eigenvalue weighted by Gasteiger charge is 2.17. The first-order chi connectivity index (χ1) is 10.3. The van der Waals surface area contributed by atoms with Crippen molar-refractivity contribution in [1.82, 2.24) is 20.1 Å². The van der Waals surface area contributed by atoms with E-state index in [4.69, 9.17) is 5.73 Å². The van der Waals surface area contributed by atoms with Crippen molar-refractivity contribution in [3.05, 3.63) is 41.9 Å². The predicted molar refractivity (Wildman–Crippen MR) is 95.9 cm³/mol. The van der Waals surface area contributed by atoms with Gasteiger partial charge in [-0.15, -0.1) is 24.8 Å². The first-order valence-electron chi connectivity index (χ1n) is 7.24. The Morgan fingerprint density at radius 3 is 2.70 bits per heavy atom. The van der Waals surface area contributed by atoms with Crippen molar-refractivity contribution in [2.45, 2.75) is 26.2 Å². The van der Waals surface area contributed by atoms with Crippen molar-refractivity contribution >= 4 is 30.7 Å². The van der Waals surface area contributed by atoms with Crippen molar-refractivity contribution in [2.24, 2.45) is 5.73 Å². The van der Waals surface area contributed by atoms with Crippen LogP contribution in [0.2, 0.25) is 0 Å². The van der Waals surface area contributed by atoms with Crippen LogP contribution in [0.4, 0.5) is 0 Å². The average Bonchev–Trinajstić information content (AvgIpc) is 2.96. The molecule has 2 heterocycles. The van der Waals surface area contributed by atoms with Gasteiger partial charge in [-0.05, 0) is 37.9 Å². The monoisotopic (exact) mass is 359 g/mol. The van der Waals surface area contributed by atoms with Gasteiger partial charge < -0.3 is 11.1 Å². The number of rotatable bonds is 7. The van der Waals surface area contributed by atoms with Crippen molar-refractivity contribution in [1.29, 1.82) is 0 Å². The standard InChI is InChI=1S/C15H21N5O.2ClH/c1-2-13-12(15(21)18-10-6-4-8-16)11-19-20(13)14-7-3-5-9-17-14;;/h3,5,7,9,11H,2,4,6,8,10,16H2,1H3,(H,18,21);2*1H. The van der Waals surface area contributed by atoms with Crippen LogP contribution in [-0.4, -0.2) is 33.8 Å². The molecule has 2 aromatic heterocycles. The van der Waals surface area contributed by atoms with Crippen molar-refractivity contribution in [3.8, 4) is 5.82 Å². The van der Waals surface area contributed by atoms with Crippen LogP contribution in [0, 0.1) is 0 Å². The van der Waals surface area contributed by atoms with Crippen LogP contribution >= 0.6 is 24.8 Å². The summed E-state index contributed by atoms with van der Waals surface area (Å²) >= 11 is 0. The number of nitrogens with one attached hydrogen (secondary N) is 1. The van der Waals surface area contributed by atoms with Gasteiger partial charge in [0.1, 0.15) is 0 Å². The molecule has 0 atom stereocenters. The quantitative estimate of drug-likeness (QED) is 0.741. The number of nitrogens with two attached hydrogens (primary N) is 1. The number of hydrogen-bond acceptors (Lipinski definition) is 4. The lowest BCUT2D eigenvalue weighted by Gasteiger charge is -2.07. The Morgan fingerprint density at radius 2 is 2.09 bits per heavy atom. The van der Waals surface area contributed by atoms with E-state index in [9.17, 15) is 4.79 Å². The summed E-state index contributed by atoms with van der Waals surface area (Å²) < 4.78 is 1.72. The van der Waals surface area contributed by atoms with Gasteiger partial charge in [-0.1, -0.05) is 13.0 Å².